The minimum absolute atomic E-state index is 0.150. The van der Waals surface area contributed by atoms with Crippen LogP contribution < -0.4 is 10.9 Å². The Morgan fingerprint density at radius 3 is 2.62 bits per heavy atom. The fourth-order valence-corrected chi connectivity index (χ4v) is 4.55. The number of nitrogens with zero attached hydrogens (tertiary/aromatic N) is 5. The normalized spacial score (nSPS) is 14.6. The first-order valence-electron chi connectivity index (χ1n) is 11.2. The number of halogens is 1. The Hall–Kier alpha value is -3.59. The zero-order valence-electron chi connectivity index (χ0n) is 18.8. The number of hydrogen-bond donors (Lipinski definition) is 1. The van der Waals surface area contributed by atoms with Gasteiger partial charge in [0, 0.05) is 65.6 Å². The van der Waals surface area contributed by atoms with Crippen LogP contribution in [0.3, 0.4) is 0 Å². The molecule has 0 spiro atoms. The third-order valence-electron chi connectivity index (χ3n) is 6.06. The molecule has 9 nitrogen and oxygen atoms in total. The molecule has 0 unspecified atom stereocenters. The number of benzene rings is 1. The largest absolute Gasteiger partial charge is 0.351 e. The van der Waals surface area contributed by atoms with Crippen LogP contribution in [-0.2, 0) is 11.3 Å². The van der Waals surface area contributed by atoms with Crippen LogP contribution in [0.4, 0.5) is 5.95 Å². The summed E-state index contributed by atoms with van der Waals surface area (Å²) in [5.41, 5.74) is 2.13. The summed E-state index contributed by atoms with van der Waals surface area (Å²) in [6.07, 6.45) is 4.37. The highest BCUT2D eigenvalue weighted by Crippen LogP contribution is 2.31. The average molecular weight is 479 g/mol. The summed E-state index contributed by atoms with van der Waals surface area (Å²) in [6.45, 7) is 4.05. The molecule has 5 rings (SSSR count). The number of aryl methyl sites for hydroxylation is 2. The smallest absolute Gasteiger partial charge is 0.260 e. The van der Waals surface area contributed by atoms with Gasteiger partial charge in [0.25, 0.3) is 5.56 Å². The van der Waals surface area contributed by atoms with Gasteiger partial charge in [-0.3, -0.25) is 14.2 Å². The molecule has 0 amide bonds. The lowest BCUT2D eigenvalue weighted by Crippen LogP contribution is -2.27. The van der Waals surface area contributed by atoms with E-state index < -0.39 is 0 Å². The first kappa shape index (κ1) is 22.2. The van der Waals surface area contributed by atoms with E-state index in [1.807, 2.05) is 13.0 Å². The number of Topliss-reactive ketones (excluding diaryl/α,β-unsaturated/α-hetero) is 1. The lowest BCUT2D eigenvalue weighted by atomic mass is 9.94. The molecule has 34 heavy (non-hydrogen) atoms. The predicted molar refractivity (Wildman–Crippen MR) is 129 cm³/mol. The van der Waals surface area contributed by atoms with Gasteiger partial charge in [-0.25, -0.2) is 4.98 Å². The van der Waals surface area contributed by atoms with E-state index in [1.54, 1.807) is 35.9 Å². The Kier molecular flexibility index (Phi) is 5.87. The highest BCUT2D eigenvalue weighted by molar-refractivity contribution is 6.33. The quantitative estimate of drug-likeness (QED) is 0.448. The van der Waals surface area contributed by atoms with Crippen molar-refractivity contribution in [3.05, 3.63) is 51.7 Å². The fourth-order valence-electron chi connectivity index (χ4n) is 4.27. The number of aromatic nitrogens is 5. The molecule has 0 bridgehead atoms. The molecule has 10 heteroatoms. The Morgan fingerprint density at radius 2 is 1.94 bits per heavy atom. The second-order valence-corrected chi connectivity index (χ2v) is 8.78. The van der Waals surface area contributed by atoms with Crippen molar-refractivity contribution in [3.63, 3.8) is 0 Å². The summed E-state index contributed by atoms with van der Waals surface area (Å²) in [4.78, 5) is 38.2. The van der Waals surface area contributed by atoms with Crippen LogP contribution in [0.2, 0.25) is 5.02 Å². The van der Waals surface area contributed by atoms with Crippen LogP contribution in [0.5, 0.6) is 0 Å². The lowest BCUT2D eigenvalue weighted by Gasteiger charge is -2.22. The second kappa shape index (κ2) is 8.98. The molecule has 174 valence electrons. The molecular formula is C24H23ClN6O3. The van der Waals surface area contributed by atoms with Gasteiger partial charge in [0.1, 0.15) is 11.4 Å². The van der Waals surface area contributed by atoms with Gasteiger partial charge in [0.05, 0.1) is 0 Å². The van der Waals surface area contributed by atoms with Crippen molar-refractivity contribution in [1.82, 2.24) is 24.7 Å². The van der Waals surface area contributed by atoms with Crippen LogP contribution in [0, 0.1) is 6.92 Å². The molecule has 4 aromatic rings. The third-order valence-corrected chi connectivity index (χ3v) is 6.38. The molecule has 0 saturated heterocycles. The topological polar surface area (TPSA) is 116 Å². The summed E-state index contributed by atoms with van der Waals surface area (Å²) in [5.74, 6) is 1.65. The van der Waals surface area contributed by atoms with Crippen LogP contribution in [0.1, 0.15) is 38.5 Å². The monoisotopic (exact) mass is 478 g/mol. The Morgan fingerprint density at radius 1 is 1.15 bits per heavy atom. The standard InChI is InChI=1S/C24H23ClN6O3/c1-3-31-22-15(12-26-24(29-22)28-16-5-7-17(32)8-6-16)10-19(23(31)33)18-9-4-14(11-20(18)25)21-27-13(2)34-30-21/h4,9-12,16H,3,5-8H2,1-2H3,(H,26,28,29). The number of nitrogens with one attached hydrogen (secondary N) is 1. The number of pyridine rings is 1. The van der Waals surface area contributed by atoms with Gasteiger partial charge in [0.15, 0.2) is 0 Å². The van der Waals surface area contributed by atoms with Crippen molar-refractivity contribution >= 4 is 34.4 Å². The van der Waals surface area contributed by atoms with Crippen molar-refractivity contribution in [2.75, 3.05) is 5.32 Å². The van der Waals surface area contributed by atoms with Crippen LogP contribution in [0.25, 0.3) is 33.5 Å². The molecule has 1 saturated carbocycles. The molecule has 0 aliphatic heterocycles. The number of hydrogen-bond acceptors (Lipinski definition) is 8. The maximum atomic E-state index is 13.4. The number of anilines is 1. The van der Waals surface area contributed by atoms with Crippen molar-refractivity contribution < 1.29 is 9.32 Å². The summed E-state index contributed by atoms with van der Waals surface area (Å²) < 4.78 is 6.66. The van der Waals surface area contributed by atoms with Gasteiger partial charge in [-0.2, -0.15) is 9.97 Å². The fraction of sp³-hybridized carbons (Fsp3) is 0.333. The zero-order chi connectivity index (χ0) is 23.8. The number of rotatable bonds is 5. The number of ketones is 1. The summed E-state index contributed by atoms with van der Waals surface area (Å²) >= 11 is 6.58. The number of fused-ring (bicyclic) bond motifs is 1. The zero-order valence-corrected chi connectivity index (χ0v) is 19.6. The minimum Gasteiger partial charge on any atom is -0.351 e. The molecule has 3 heterocycles. The summed E-state index contributed by atoms with van der Waals surface area (Å²) in [6, 6.07) is 7.24. The van der Waals surface area contributed by atoms with E-state index >= 15 is 0 Å². The van der Waals surface area contributed by atoms with Crippen molar-refractivity contribution in [2.24, 2.45) is 0 Å². The molecule has 0 radical (unpaired) electrons. The van der Waals surface area contributed by atoms with Crippen LogP contribution >= 0.6 is 11.6 Å². The first-order chi connectivity index (χ1) is 16.4. The average Bonchev–Trinajstić information content (AvgIpc) is 3.27. The van der Waals surface area contributed by atoms with Crippen molar-refractivity contribution in [2.45, 2.75) is 52.1 Å². The molecule has 1 aromatic carbocycles. The Balaban J connectivity index is 1.52. The van der Waals surface area contributed by atoms with E-state index in [4.69, 9.17) is 16.1 Å². The van der Waals surface area contributed by atoms with Gasteiger partial charge in [-0.05, 0) is 31.9 Å². The van der Waals surface area contributed by atoms with Crippen LogP contribution in [0.15, 0.2) is 39.8 Å². The lowest BCUT2D eigenvalue weighted by molar-refractivity contribution is -0.120. The molecule has 1 N–H and O–H groups in total. The van der Waals surface area contributed by atoms with E-state index in [0.717, 1.165) is 18.2 Å². The third kappa shape index (κ3) is 4.19. The van der Waals surface area contributed by atoms with Gasteiger partial charge >= 0.3 is 0 Å². The van der Waals surface area contributed by atoms with E-state index in [9.17, 15) is 9.59 Å². The maximum Gasteiger partial charge on any atom is 0.260 e. The molecule has 3 aromatic heterocycles. The van der Waals surface area contributed by atoms with Gasteiger partial charge in [-0.1, -0.05) is 28.9 Å². The molecule has 1 aliphatic rings. The Bertz CT molecular complexity index is 1450. The molecule has 1 aliphatic carbocycles. The van der Waals surface area contributed by atoms with Crippen LogP contribution in [-0.4, -0.2) is 36.5 Å². The first-order valence-corrected chi connectivity index (χ1v) is 11.6. The van der Waals surface area contributed by atoms with Gasteiger partial charge < -0.3 is 9.84 Å². The highest BCUT2D eigenvalue weighted by atomic mass is 35.5. The van der Waals surface area contributed by atoms with E-state index in [0.29, 0.717) is 70.2 Å². The van der Waals surface area contributed by atoms with Crippen molar-refractivity contribution in [1.29, 1.82) is 0 Å². The van der Waals surface area contributed by atoms with E-state index in [2.05, 4.69) is 25.4 Å². The molecule has 0 atom stereocenters. The Labute approximate surface area is 200 Å². The molecule has 1 fully saturated rings. The van der Waals surface area contributed by atoms with Gasteiger partial charge in [0.2, 0.25) is 17.7 Å². The minimum atomic E-state index is -0.187. The molecular weight excluding hydrogens is 456 g/mol. The number of carbonyl (C=O) groups excluding carboxylic acids is 1. The highest BCUT2D eigenvalue weighted by Gasteiger charge is 2.20. The maximum absolute atomic E-state index is 13.4. The number of carbonyl (C=O) groups is 1. The van der Waals surface area contributed by atoms with Crippen molar-refractivity contribution in [3.8, 4) is 22.5 Å². The SMILES string of the molecule is CCn1c(=O)c(-c2ccc(-c3noc(C)n3)cc2Cl)cc2cnc(NC3CCC(=O)CC3)nc21. The van der Waals surface area contributed by atoms with Gasteiger partial charge in [-0.15, -0.1) is 0 Å². The predicted octanol–water partition coefficient (Wildman–Crippen LogP) is 4.41. The van der Waals surface area contributed by atoms with E-state index in [1.165, 1.54) is 0 Å². The summed E-state index contributed by atoms with van der Waals surface area (Å²) in [5, 5.41) is 8.37. The van der Waals surface area contributed by atoms with E-state index in [-0.39, 0.29) is 11.6 Å². The second-order valence-electron chi connectivity index (χ2n) is 8.37. The summed E-state index contributed by atoms with van der Waals surface area (Å²) in [7, 11) is 0.